The molecule has 1 saturated heterocycles. The largest absolute Gasteiger partial charge is 0.463 e. The molecule has 146 valence electrons. The van der Waals surface area contributed by atoms with Crippen molar-refractivity contribution < 1.29 is 4.74 Å². The molecule has 0 amide bonds. The Morgan fingerprint density at radius 2 is 1.82 bits per heavy atom. The molecule has 0 radical (unpaired) electrons. The molecular formula is C21H25N5O2. The van der Waals surface area contributed by atoms with Crippen LogP contribution >= 0.6 is 0 Å². The summed E-state index contributed by atoms with van der Waals surface area (Å²) in [6, 6.07) is 7.66. The van der Waals surface area contributed by atoms with E-state index in [1.165, 1.54) is 36.9 Å². The smallest absolute Gasteiger partial charge is 0.316 e. The molecule has 0 N–H and O–H groups in total. The van der Waals surface area contributed by atoms with Crippen molar-refractivity contribution in [3.63, 3.8) is 0 Å². The fourth-order valence-electron chi connectivity index (χ4n) is 3.68. The van der Waals surface area contributed by atoms with E-state index in [0.29, 0.717) is 35.0 Å². The second-order valence-electron chi connectivity index (χ2n) is 7.14. The van der Waals surface area contributed by atoms with Gasteiger partial charge in [-0.2, -0.15) is 0 Å². The van der Waals surface area contributed by atoms with Crippen LogP contribution in [-0.2, 0) is 0 Å². The van der Waals surface area contributed by atoms with Gasteiger partial charge in [0.25, 0.3) is 5.56 Å². The van der Waals surface area contributed by atoms with Crippen molar-refractivity contribution in [1.29, 1.82) is 0 Å². The minimum Gasteiger partial charge on any atom is -0.463 e. The van der Waals surface area contributed by atoms with Crippen LogP contribution in [0.4, 0.5) is 0 Å². The topological polar surface area (TPSA) is 73.1 Å². The lowest BCUT2D eigenvalue weighted by Gasteiger charge is -2.26. The molecule has 0 spiro atoms. The highest BCUT2D eigenvalue weighted by atomic mass is 16.5. The first-order chi connectivity index (χ1) is 13.7. The van der Waals surface area contributed by atoms with Crippen LogP contribution < -0.4 is 10.3 Å². The molecule has 7 nitrogen and oxygen atoms in total. The third kappa shape index (κ3) is 4.04. The van der Waals surface area contributed by atoms with Crippen molar-refractivity contribution in [2.24, 2.45) is 0 Å². The summed E-state index contributed by atoms with van der Waals surface area (Å²) in [5.41, 5.74) is 1.15. The molecule has 2 aromatic heterocycles. The van der Waals surface area contributed by atoms with Crippen LogP contribution in [0.1, 0.15) is 31.5 Å². The van der Waals surface area contributed by atoms with E-state index in [2.05, 4.69) is 19.9 Å². The average molecular weight is 379 g/mol. The highest BCUT2D eigenvalue weighted by molar-refractivity contribution is 5.77. The standard InChI is InChI=1S/C21H25N5O2/c1-16-24-19-9-4-3-8-18(19)20(27)26(16)17-14-22-21(23-15-17)28-13-7-12-25-10-5-2-6-11-25/h3-4,8-9,14-15H,2,5-7,10-13H2,1H3. The SMILES string of the molecule is Cc1nc2ccccc2c(=O)n1-c1cnc(OCCCN2CCCCC2)nc1. The molecule has 0 aliphatic carbocycles. The van der Waals surface area contributed by atoms with Gasteiger partial charge < -0.3 is 9.64 Å². The molecule has 0 atom stereocenters. The maximum atomic E-state index is 12.8. The van der Waals surface area contributed by atoms with Crippen molar-refractivity contribution in [3.8, 4) is 11.7 Å². The normalized spacial score (nSPS) is 15.0. The maximum absolute atomic E-state index is 12.8. The number of likely N-dealkylation sites (tertiary alicyclic amines) is 1. The number of nitrogens with zero attached hydrogens (tertiary/aromatic N) is 5. The van der Waals surface area contributed by atoms with Gasteiger partial charge in [-0.25, -0.2) is 15.0 Å². The van der Waals surface area contributed by atoms with Gasteiger partial charge in [-0.1, -0.05) is 18.6 Å². The lowest BCUT2D eigenvalue weighted by atomic mass is 10.1. The number of piperidine rings is 1. The minimum atomic E-state index is -0.123. The number of rotatable bonds is 6. The van der Waals surface area contributed by atoms with Gasteiger partial charge in [0.2, 0.25) is 0 Å². The number of ether oxygens (including phenoxy) is 1. The Morgan fingerprint density at radius 3 is 2.61 bits per heavy atom. The maximum Gasteiger partial charge on any atom is 0.316 e. The van der Waals surface area contributed by atoms with Gasteiger partial charge in [-0.3, -0.25) is 9.36 Å². The summed E-state index contributed by atoms with van der Waals surface area (Å²) >= 11 is 0. The summed E-state index contributed by atoms with van der Waals surface area (Å²) < 4.78 is 7.20. The van der Waals surface area contributed by atoms with Crippen LogP contribution in [0, 0.1) is 6.92 Å². The second-order valence-corrected chi connectivity index (χ2v) is 7.14. The van der Waals surface area contributed by atoms with E-state index in [1.807, 2.05) is 18.2 Å². The molecule has 3 aromatic rings. The van der Waals surface area contributed by atoms with E-state index in [4.69, 9.17) is 4.74 Å². The number of para-hydroxylation sites is 1. The first-order valence-corrected chi connectivity index (χ1v) is 9.88. The molecular weight excluding hydrogens is 354 g/mol. The molecule has 7 heteroatoms. The van der Waals surface area contributed by atoms with Gasteiger partial charge in [-0.15, -0.1) is 0 Å². The summed E-state index contributed by atoms with van der Waals surface area (Å²) in [7, 11) is 0. The number of aromatic nitrogens is 4. The molecule has 3 heterocycles. The van der Waals surface area contributed by atoms with E-state index in [-0.39, 0.29) is 5.56 Å². The summed E-state index contributed by atoms with van der Waals surface area (Å²) in [5.74, 6) is 0.600. The highest BCUT2D eigenvalue weighted by Gasteiger charge is 2.11. The predicted octanol–water partition coefficient (Wildman–Crippen LogP) is 2.74. The van der Waals surface area contributed by atoms with Gasteiger partial charge >= 0.3 is 6.01 Å². The van der Waals surface area contributed by atoms with Crippen LogP contribution in [0.3, 0.4) is 0 Å². The van der Waals surface area contributed by atoms with E-state index in [9.17, 15) is 4.79 Å². The van der Waals surface area contributed by atoms with E-state index >= 15 is 0 Å². The minimum absolute atomic E-state index is 0.123. The lowest BCUT2D eigenvalue weighted by molar-refractivity contribution is 0.200. The molecule has 0 saturated carbocycles. The number of benzene rings is 1. The van der Waals surface area contributed by atoms with Crippen LogP contribution in [0.5, 0.6) is 6.01 Å². The Kier molecular flexibility index (Phi) is 5.62. The van der Waals surface area contributed by atoms with Crippen molar-refractivity contribution in [3.05, 3.63) is 52.8 Å². The summed E-state index contributed by atoms with van der Waals surface area (Å²) in [5, 5.41) is 0.575. The molecule has 28 heavy (non-hydrogen) atoms. The van der Waals surface area contributed by atoms with Crippen molar-refractivity contribution in [2.75, 3.05) is 26.2 Å². The molecule has 4 rings (SSSR count). The molecule has 0 bridgehead atoms. The summed E-state index contributed by atoms with van der Waals surface area (Å²) in [4.78, 5) is 28.4. The molecule has 1 aliphatic heterocycles. The Bertz CT molecular complexity index is 994. The quantitative estimate of drug-likeness (QED) is 0.613. The third-order valence-corrected chi connectivity index (χ3v) is 5.11. The Hall–Kier alpha value is -2.80. The number of aryl methyl sites for hydroxylation is 1. The fraction of sp³-hybridized carbons (Fsp3) is 0.429. The van der Waals surface area contributed by atoms with Crippen LogP contribution in [0.15, 0.2) is 41.5 Å². The number of hydrogen-bond donors (Lipinski definition) is 0. The average Bonchev–Trinajstić information content (AvgIpc) is 2.73. The number of fused-ring (bicyclic) bond motifs is 1. The molecule has 1 aliphatic rings. The zero-order valence-corrected chi connectivity index (χ0v) is 16.2. The Morgan fingerprint density at radius 1 is 1.07 bits per heavy atom. The third-order valence-electron chi connectivity index (χ3n) is 5.11. The zero-order valence-electron chi connectivity index (χ0n) is 16.2. The van der Waals surface area contributed by atoms with Crippen LogP contribution in [0.25, 0.3) is 16.6 Å². The highest BCUT2D eigenvalue weighted by Crippen LogP contribution is 2.13. The second kappa shape index (κ2) is 8.48. The van der Waals surface area contributed by atoms with Crippen LogP contribution in [0.2, 0.25) is 0 Å². The molecule has 1 fully saturated rings. The zero-order chi connectivity index (χ0) is 19.3. The van der Waals surface area contributed by atoms with Crippen molar-refractivity contribution in [2.45, 2.75) is 32.6 Å². The van der Waals surface area contributed by atoms with E-state index in [1.54, 1.807) is 25.4 Å². The van der Waals surface area contributed by atoms with Crippen molar-refractivity contribution >= 4 is 10.9 Å². The Labute approximate surface area is 164 Å². The van der Waals surface area contributed by atoms with Gasteiger partial charge in [0.15, 0.2) is 0 Å². The number of hydrogen-bond acceptors (Lipinski definition) is 6. The van der Waals surface area contributed by atoms with Gasteiger partial charge in [0.05, 0.1) is 35.6 Å². The fourth-order valence-corrected chi connectivity index (χ4v) is 3.68. The van der Waals surface area contributed by atoms with E-state index < -0.39 is 0 Å². The molecule has 0 unspecified atom stereocenters. The van der Waals surface area contributed by atoms with Gasteiger partial charge in [0.1, 0.15) is 5.82 Å². The Balaban J connectivity index is 1.42. The summed E-state index contributed by atoms with van der Waals surface area (Å²) in [6.07, 6.45) is 8.12. The molecule has 1 aromatic carbocycles. The predicted molar refractivity (Wildman–Crippen MR) is 108 cm³/mol. The van der Waals surface area contributed by atoms with E-state index in [0.717, 1.165) is 13.0 Å². The van der Waals surface area contributed by atoms with Gasteiger partial charge in [-0.05, 0) is 51.4 Å². The monoisotopic (exact) mass is 379 g/mol. The van der Waals surface area contributed by atoms with Crippen molar-refractivity contribution in [1.82, 2.24) is 24.4 Å². The van der Waals surface area contributed by atoms with Gasteiger partial charge in [0, 0.05) is 6.54 Å². The van der Waals surface area contributed by atoms with Crippen LogP contribution in [-0.4, -0.2) is 50.7 Å². The summed E-state index contributed by atoms with van der Waals surface area (Å²) in [6.45, 7) is 5.83. The first-order valence-electron chi connectivity index (χ1n) is 9.88. The first kappa shape index (κ1) is 18.6. The lowest BCUT2D eigenvalue weighted by Crippen LogP contribution is -2.31.